The van der Waals surface area contributed by atoms with Crippen LogP contribution in [0.25, 0.3) is 0 Å². The van der Waals surface area contributed by atoms with Gasteiger partial charge in [-0.05, 0) is 42.0 Å². The lowest BCUT2D eigenvalue weighted by Crippen LogP contribution is -3.12. The number of piperidine rings is 1. The van der Waals surface area contributed by atoms with E-state index in [1.54, 1.807) is 0 Å². The fourth-order valence-electron chi connectivity index (χ4n) is 3.41. The minimum absolute atomic E-state index is 0.221. The maximum absolute atomic E-state index is 13.2. The monoisotopic (exact) mass is 332 g/mol. The average molecular weight is 332 g/mol. The number of quaternary nitrogens is 1. The molecule has 0 bridgehead atoms. The number of hydrogen-bond donors (Lipinski definition) is 2. The second kappa shape index (κ2) is 6.42. The molecule has 1 aliphatic heterocycles. The molecule has 1 unspecified atom stereocenters. The quantitative estimate of drug-likeness (QED) is 0.838. The normalized spacial score (nSPS) is 27.0. The van der Waals surface area contributed by atoms with Gasteiger partial charge >= 0.3 is 0 Å². The van der Waals surface area contributed by atoms with Gasteiger partial charge in [0.15, 0.2) is 5.78 Å². The van der Waals surface area contributed by atoms with Crippen LogP contribution >= 0.6 is 0 Å². The highest BCUT2D eigenvalue weighted by molar-refractivity contribution is 5.98. The van der Waals surface area contributed by atoms with E-state index in [2.05, 4.69) is 0 Å². The molecular weight excluding hydrogens is 312 g/mol. The molecule has 24 heavy (non-hydrogen) atoms. The topological polar surface area (TPSA) is 41.7 Å². The number of carbonyl (C=O) groups is 1. The van der Waals surface area contributed by atoms with Crippen molar-refractivity contribution in [2.45, 2.75) is 12.0 Å². The van der Waals surface area contributed by atoms with E-state index < -0.39 is 17.3 Å². The summed E-state index contributed by atoms with van der Waals surface area (Å²) in [6.07, 6.45) is 0.405. The van der Waals surface area contributed by atoms with Crippen molar-refractivity contribution in [3.8, 4) is 0 Å². The highest BCUT2D eigenvalue weighted by Gasteiger charge is 2.48. The standard InChI is InChI=1S/C19H19F2NO2/c1-22-11-10-19(24,14-4-8-16(21)9-5-14)17(12-22)18(23)13-2-6-15(20)7-3-13/h2-9,17,24H,10-12H2,1H3/p+1/t17-,19-/m0/s1. The molecule has 0 aliphatic carbocycles. The second-order valence-electron chi connectivity index (χ2n) is 6.52. The Hall–Kier alpha value is -2.11. The molecular formula is C19H20F2NO2+. The number of halogens is 2. The van der Waals surface area contributed by atoms with Crippen molar-refractivity contribution in [1.82, 2.24) is 0 Å². The minimum atomic E-state index is -1.35. The summed E-state index contributed by atoms with van der Waals surface area (Å²) in [4.78, 5) is 14.1. The van der Waals surface area contributed by atoms with E-state index in [1.807, 2.05) is 7.05 Å². The lowest BCUT2D eigenvalue weighted by Gasteiger charge is -2.41. The van der Waals surface area contributed by atoms with E-state index in [0.717, 1.165) is 4.90 Å². The van der Waals surface area contributed by atoms with Gasteiger partial charge < -0.3 is 10.0 Å². The Labute approximate surface area is 139 Å². The maximum Gasteiger partial charge on any atom is 0.174 e. The molecule has 1 fully saturated rings. The first-order valence-corrected chi connectivity index (χ1v) is 7.99. The number of carbonyl (C=O) groups excluding carboxylic acids is 1. The molecule has 2 N–H and O–H groups in total. The first kappa shape index (κ1) is 16.7. The van der Waals surface area contributed by atoms with Crippen molar-refractivity contribution in [2.75, 3.05) is 20.1 Å². The predicted octanol–water partition coefficient (Wildman–Crippen LogP) is 1.57. The Kier molecular flexibility index (Phi) is 4.47. The zero-order chi connectivity index (χ0) is 17.3. The second-order valence-corrected chi connectivity index (χ2v) is 6.52. The van der Waals surface area contributed by atoms with Gasteiger partial charge in [-0.3, -0.25) is 4.79 Å². The fraction of sp³-hybridized carbons (Fsp3) is 0.316. The summed E-state index contributed by atoms with van der Waals surface area (Å²) in [5.41, 5.74) is -0.438. The highest BCUT2D eigenvalue weighted by Crippen LogP contribution is 2.36. The predicted molar refractivity (Wildman–Crippen MR) is 85.8 cm³/mol. The summed E-state index contributed by atoms with van der Waals surface area (Å²) in [6.45, 7) is 1.17. The number of aliphatic hydroxyl groups is 1. The molecule has 3 rings (SSSR count). The number of Topliss-reactive ketones (excluding diaryl/α,β-unsaturated/α-hetero) is 1. The van der Waals surface area contributed by atoms with Gasteiger partial charge in [0.05, 0.1) is 20.1 Å². The number of nitrogens with one attached hydrogen (secondary N) is 1. The molecule has 0 saturated carbocycles. The largest absolute Gasteiger partial charge is 0.384 e. The van der Waals surface area contributed by atoms with Gasteiger partial charge in [-0.25, -0.2) is 8.78 Å². The van der Waals surface area contributed by atoms with Gasteiger partial charge in [-0.15, -0.1) is 0 Å². The van der Waals surface area contributed by atoms with Gasteiger partial charge in [0.25, 0.3) is 0 Å². The van der Waals surface area contributed by atoms with Crippen molar-refractivity contribution < 1.29 is 23.6 Å². The summed E-state index contributed by atoms with van der Waals surface area (Å²) in [6, 6.07) is 11.0. The van der Waals surface area contributed by atoms with Crippen LogP contribution in [0.3, 0.4) is 0 Å². The zero-order valence-corrected chi connectivity index (χ0v) is 13.4. The van der Waals surface area contributed by atoms with Crippen LogP contribution in [0.4, 0.5) is 8.78 Å². The van der Waals surface area contributed by atoms with E-state index in [1.165, 1.54) is 48.5 Å². The van der Waals surface area contributed by atoms with Crippen molar-refractivity contribution in [3.63, 3.8) is 0 Å². The number of hydrogen-bond acceptors (Lipinski definition) is 2. The van der Waals surface area contributed by atoms with E-state index in [9.17, 15) is 18.7 Å². The molecule has 0 amide bonds. The van der Waals surface area contributed by atoms with Crippen molar-refractivity contribution in [3.05, 3.63) is 71.3 Å². The Bertz CT molecular complexity index is 730. The van der Waals surface area contributed by atoms with Gasteiger partial charge in [-0.1, -0.05) is 12.1 Å². The van der Waals surface area contributed by atoms with E-state index >= 15 is 0 Å². The molecule has 0 spiro atoms. The molecule has 126 valence electrons. The Balaban J connectivity index is 1.98. The smallest absolute Gasteiger partial charge is 0.174 e. The molecule has 0 aromatic heterocycles. The van der Waals surface area contributed by atoms with Crippen LogP contribution in [0.5, 0.6) is 0 Å². The van der Waals surface area contributed by atoms with Crippen LogP contribution < -0.4 is 4.90 Å². The highest BCUT2D eigenvalue weighted by atomic mass is 19.1. The van der Waals surface area contributed by atoms with E-state index in [4.69, 9.17) is 0 Å². The summed E-state index contributed by atoms with van der Waals surface area (Å²) >= 11 is 0. The van der Waals surface area contributed by atoms with Crippen LogP contribution in [-0.2, 0) is 5.60 Å². The van der Waals surface area contributed by atoms with E-state index in [-0.39, 0.29) is 11.6 Å². The molecule has 3 nitrogen and oxygen atoms in total. The van der Waals surface area contributed by atoms with Crippen LogP contribution in [0, 0.1) is 17.6 Å². The zero-order valence-electron chi connectivity index (χ0n) is 13.4. The first-order valence-electron chi connectivity index (χ1n) is 7.99. The van der Waals surface area contributed by atoms with Crippen molar-refractivity contribution in [1.29, 1.82) is 0 Å². The minimum Gasteiger partial charge on any atom is -0.384 e. The van der Waals surface area contributed by atoms with Gasteiger partial charge in [0.2, 0.25) is 0 Å². The molecule has 2 aromatic rings. The lowest BCUT2D eigenvalue weighted by atomic mass is 9.73. The average Bonchev–Trinajstić information content (AvgIpc) is 2.58. The number of ketones is 1. The molecule has 1 saturated heterocycles. The SMILES string of the molecule is C[NH+]1CC[C@](O)(c2ccc(F)cc2)[C@H](C(=O)c2ccc(F)cc2)C1. The Morgan fingerprint density at radius 2 is 1.62 bits per heavy atom. The fourth-order valence-corrected chi connectivity index (χ4v) is 3.41. The Morgan fingerprint density at radius 1 is 1.08 bits per heavy atom. The lowest BCUT2D eigenvalue weighted by molar-refractivity contribution is -0.890. The number of rotatable bonds is 3. The van der Waals surface area contributed by atoms with Crippen LogP contribution in [0.1, 0.15) is 22.3 Å². The summed E-state index contributed by atoms with van der Waals surface area (Å²) in [5, 5.41) is 11.3. The van der Waals surface area contributed by atoms with Crippen molar-refractivity contribution in [2.24, 2.45) is 5.92 Å². The van der Waals surface area contributed by atoms with Gasteiger partial charge in [-0.2, -0.15) is 0 Å². The Morgan fingerprint density at radius 3 is 2.21 bits per heavy atom. The van der Waals surface area contributed by atoms with E-state index in [0.29, 0.717) is 30.6 Å². The van der Waals surface area contributed by atoms with Gasteiger partial charge in [0.1, 0.15) is 23.2 Å². The third kappa shape index (κ3) is 3.09. The van der Waals surface area contributed by atoms with Crippen molar-refractivity contribution >= 4 is 5.78 Å². The molecule has 1 aliphatic rings. The summed E-state index contributed by atoms with van der Waals surface area (Å²) in [5.74, 6) is -1.68. The third-order valence-electron chi connectivity index (χ3n) is 4.85. The molecule has 5 heteroatoms. The van der Waals surface area contributed by atoms with Crippen LogP contribution in [0.2, 0.25) is 0 Å². The third-order valence-corrected chi connectivity index (χ3v) is 4.85. The summed E-state index contributed by atoms with van der Waals surface area (Å²) < 4.78 is 26.3. The molecule has 2 aromatic carbocycles. The maximum atomic E-state index is 13.2. The summed E-state index contributed by atoms with van der Waals surface area (Å²) in [7, 11) is 1.97. The molecule has 0 radical (unpaired) electrons. The molecule has 1 heterocycles. The van der Waals surface area contributed by atoms with Crippen LogP contribution in [-0.4, -0.2) is 31.0 Å². The number of likely N-dealkylation sites (tertiary alicyclic amines) is 1. The molecule has 3 atom stereocenters. The van der Waals surface area contributed by atoms with Gasteiger partial charge in [0, 0.05) is 12.0 Å². The van der Waals surface area contributed by atoms with Crippen LogP contribution in [0.15, 0.2) is 48.5 Å². The first-order chi connectivity index (χ1) is 11.4. The number of benzene rings is 2.